The maximum atomic E-state index is 6.26. The van der Waals surface area contributed by atoms with E-state index in [4.69, 9.17) is 15.2 Å². The maximum absolute atomic E-state index is 6.26. The van der Waals surface area contributed by atoms with Gasteiger partial charge in [0.25, 0.3) is 0 Å². The molecule has 0 aliphatic carbocycles. The van der Waals surface area contributed by atoms with Gasteiger partial charge in [0, 0.05) is 12.6 Å². The molecular weight excluding hydrogens is 226 g/mol. The van der Waals surface area contributed by atoms with Gasteiger partial charge in [-0.15, -0.1) is 0 Å². The van der Waals surface area contributed by atoms with Crippen LogP contribution in [0.1, 0.15) is 26.3 Å². The van der Waals surface area contributed by atoms with E-state index in [9.17, 15) is 0 Å². The van der Waals surface area contributed by atoms with E-state index >= 15 is 0 Å². The van der Waals surface area contributed by atoms with Crippen molar-refractivity contribution in [2.45, 2.75) is 39.3 Å². The Bertz CT molecular complexity index is 352. The zero-order valence-corrected chi connectivity index (χ0v) is 11.8. The van der Waals surface area contributed by atoms with Crippen molar-refractivity contribution in [2.24, 2.45) is 11.7 Å². The van der Waals surface area contributed by atoms with E-state index in [2.05, 4.69) is 19.9 Å². The van der Waals surface area contributed by atoms with Gasteiger partial charge in [0.15, 0.2) is 0 Å². The lowest BCUT2D eigenvalue weighted by Crippen LogP contribution is -2.42. The third-order valence-electron chi connectivity index (χ3n) is 3.04. The molecule has 0 radical (unpaired) electrons. The Balaban J connectivity index is 2.69. The minimum Gasteiger partial charge on any atom is -0.497 e. The van der Waals surface area contributed by atoms with Gasteiger partial charge in [-0.05, 0) is 37.0 Å². The number of rotatable bonds is 7. The van der Waals surface area contributed by atoms with Crippen LogP contribution in [0.4, 0.5) is 0 Å². The van der Waals surface area contributed by atoms with Crippen LogP contribution in [0.2, 0.25) is 0 Å². The van der Waals surface area contributed by atoms with E-state index in [0.29, 0.717) is 12.5 Å². The summed E-state index contributed by atoms with van der Waals surface area (Å²) in [4.78, 5) is 0. The summed E-state index contributed by atoms with van der Waals surface area (Å²) < 4.78 is 11.0. The van der Waals surface area contributed by atoms with Gasteiger partial charge >= 0.3 is 0 Å². The fraction of sp³-hybridized carbons (Fsp3) is 0.600. The van der Waals surface area contributed by atoms with Crippen molar-refractivity contribution in [2.75, 3.05) is 13.7 Å². The molecule has 3 heteroatoms. The zero-order chi connectivity index (χ0) is 13.5. The van der Waals surface area contributed by atoms with Crippen LogP contribution in [-0.4, -0.2) is 25.9 Å². The van der Waals surface area contributed by atoms with Crippen molar-refractivity contribution in [3.05, 3.63) is 29.8 Å². The van der Waals surface area contributed by atoms with Gasteiger partial charge in [0.05, 0.1) is 13.2 Å². The number of hydrogen-bond acceptors (Lipinski definition) is 3. The Morgan fingerprint density at radius 1 is 1.28 bits per heavy atom. The second-order valence-corrected chi connectivity index (χ2v) is 4.88. The Morgan fingerprint density at radius 3 is 2.56 bits per heavy atom. The highest BCUT2D eigenvalue weighted by atomic mass is 16.5. The average Bonchev–Trinajstić information content (AvgIpc) is 2.35. The molecule has 1 rings (SSSR count). The zero-order valence-electron chi connectivity index (χ0n) is 11.8. The quantitative estimate of drug-likeness (QED) is 0.810. The van der Waals surface area contributed by atoms with Crippen molar-refractivity contribution < 1.29 is 9.47 Å². The maximum Gasteiger partial charge on any atom is 0.119 e. The number of ether oxygens (including phenoxy) is 2. The van der Waals surface area contributed by atoms with Crippen molar-refractivity contribution in [1.82, 2.24) is 0 Å². The van der Waals surface area contributed by atoms with E-state index < -0.39 is 0 Å². The molecule has 0 aliphatic heterocycles. The molecule has 0 saturated carbocycles. The first-order chi connectivity index (χ1) is 8.58. The first-order valence-corrected chi connectivity index (χ1v) is 6.58. The summed E-state index contributed by atoms with van der Waals surface area (Å²) in [7, 11) is 1.68. The van der Waals surface area contributed by atoms with E-state index in [1.165, 1.54) is 5.56 Å². The van der Waals surface area contributed by atoms with Crippen molar-refractivity contribution in [1.29, 1.82) is 0 Å². The molecule has 2 unspecified atom stereocenters. The SMILES string of the molecule is CCOC(C(C)C)C(N)Cc1cccc(OC)c1. The van der Waals surface area contributed by atoms with Gasteiger partial charge in [-0.2, -0.15) is 0 Å². The Morgan fingerprint density at radius 2 is 2.00 bits per heavy atom. The number of nitrogens with two attached hydrogens (primary N) is 1. The van der Waals surface area contributed by atoms with Crippen molar-refractivity contribution in [3.8, 4) is 5.75 Å². The average molecular weight is 251 g/mol. The Labute approximate surface area is 110 Å². The molecule has 102 valence electrons. The second kappa shape index (κ2) is 7.39. The van der Waals surface area contributed by atoms with Crippen LogP contribution < -0.4 is 10.5 Å². The van der Waals surface area contributed by atoms with Crippen LogP contribution in [0.25, 0.3) is 0 Å². The predicted octanol–water partition coefficient (Wildman–Crippen LogP) is 2.63. The smallest absolute Gasteiger partial charge is 0.119 e. The third-order valence-corrected chi connectivity index (χ3v) is 3.04. The summed E-state index contributed by atoms with van der Waals surface area (Å²) in [5, 5.41) is 0. The fourth-order valence-electron chi connectivity index (χ4n) is 2.19. The summed E-state index contributed by atoms with van der Waals surface area (Å²) >= 11 is 0. The molecule has 0 heterocycles. The van der Waals surface area contributed by atoms with Crippen LogP contribution in [0.3, 0.4) is 0 Å². The number of benzene rings is 1. The highest BCUT2D eigenvalue weighted by molar-refractivity contribution is 5.29. The molecule has 1 aromatic rings. The molecule has 2 atom stereocenters. The minimum absolute atomic E-state index is 0.0112. The van der Waals surface area contributed by atoms with Crippen LogP contribution in [0, 0.1) is 5.92 Å². The molecule has 0 amide bonds. The van der Waals surface area contributed by atoms with Gasteiger partial charge in [-0.1, -0.05) is 26.0 Å². The lowest BCUT2D eigenvalue weighted by Gasteiger charge is -2.27. The first-order valence-electron chi connectivity index (χ1n) is 6.58. The molecule has 1 aromatic carbocycles. The van der Waals surface area contributed by atoms with E-state index in [0.717, 1.165) is 12.2 Å². The van der Waals surface area contributed by atoms with E-state index in [-0.39, 0.29) is 12.1 Å². The first kappa shape index (κ1) is 15.0. The summed E-state index contributed by atoms with van der Waals surface area (Å²) in [5.74, 6) is 1.29. The molecule has 0 bridgehead atoms. The molecule has 0 aliphatic rings. The van der Waals surface area contributed by atoms with Crippen LogP contribution in [-0.2, 0) is 11.2 Å². The van der Waals surface area contributed by atoms with Crippen LogP contribution in [0.5, 0.6) is 5.75 Å². The topological polar surface area (TPSA) is 44.5 Å². The van der Waals surface area contributed by atoms with Crippen molar-refractivity contribution in [3.63, 3.8) is 0 Å². The van der Waals surface area contributed by atoms with Gasteiger partial charge in [0.1, 0.15) is 5.75 Å². The Kier molecular flexibility index (Phi) is 6.16. The largest absolute Gasteiger partial charge is 0.497 e. The van der Waals surface area contributed by atoms with Crippen LogP contribution >= 0.6 is 0 Å². The normalized spacial score (nSPS) is 14.6. The number of methoxy groups -OCH3 is 1. The van der Waals surface area contributed by atoms with Crippen molar-refractivity contribution >= 4 is 0 Å². The molecule has 18 heavy (non-hydrogen) atoms. The summed E-state index contributed by atoms with van der Waals surface area (Å²) in [6, 6.07) is 8.05. The van der Waals surface area contributed by atoms with Gasteiger partial charge in [0.2, 0.25) is 0 Å². The Hall–Kier alpha value is -1.06. The lowest BCUT2D eigenvalue weighted by molar-refractivity contribution is 0.0127. The predicted molar refractivity (Wildman–Crippen MR) is 74.9 cm³/mol. The fourth-order valence-corrected chi connectivity index (χ4v) is 2.19. The molecule has 0 fully saturated rings. The molecular formula is C15H25NO2. The molecule has 2 N–H and O–H groups in total. The minimum atomic E-state index is 0.0112. The van der Waals surface area contributed by atoms with Crippen LogP contribution in [0.15, 0.2) is 24.3 Å². The number of hydrogen-bond donors (Lipinski definition) is 1. The van der Waals surface area contributed by atoms with Gasteiger partial charge in [-0.3, -0.25) is 0 Å². The van der Waals surface area contributed by atoms with E-state index in [1.807, 2.05) is 25.1 Å². The standard InChI is InChI=1S/C15H25NO2/c1-5-18-15(11(2)3)14(16)10-12-7-6-8-13(9-12)17-4/h6-9,11,14-15H,5,10,16H2,1-4H3. The molecule has 3 nitrogen and oxygen atoms in total. The highest BCUT2D eigenvalue weighted by Crippen LogP contribution is 2.17. The monoisotopic (exact) mass is 251 g/mol. The summed E-state index contributed by atoms with van der Waals surface area (Å²) in [6.07, 6.45) is 0.904. The molecule has 0 aromatic heterocycles. The third kappa shape index (κ3) is 4.31. The molecule has 0 saturated heterocycles. The molecule has 0 spiro atoms. The second-order valence-electron chi connectivity index (χ2n) is 4.88. The summed E-state index contributed by atoms with van der Waals surface area (Å²) in [5.41, 5.74) is 7.45. The van der Waals surface area contributed by atoms with E-state index in [1.54, 1.807) is 7.11 Å². The highest BCUT2D eigenvalue weighted by Gasteiger charge is 2.21. The van der Waals surface area contributed by atoms with Gasteiger partial charge < -0.3 is 15.2 Å². The van der Waals surface area contributed by atoms with Gasteiger partial charge in [-0.25, -0.2) is 0 Å². The summed E-state index contributed by atoms with van der Waals surface area (Å²) in [6.45, 7) is 7.00. The lowest BCUT2D eigenvalue weighted by atomic mass is 9.94.